The molecule has 0 bridgehead atoms. The quantitative estimate of drug-likeness (QED) is 0.486. The van der Waals surface area contributed by atoms with Gasteiger partial charge < -0.3 is 0 Å². The summed E-state index contributed by atoms with van der Waals surface area (Å²) in [5.41, 5.74) is 2.63. The Kier molecular flexibility index (Phi) is 2.53. The summed E-state index contributed by atoms with van der Waals surface area (Å²) in [6, 6.07) is 11.1. The number of hydrogen-bond acceptors (Lipinski definition) is 2. The average molecular weight is 348 g/mol. The number of halogens is 2. The number of fused-ring (bicyclic) bond motifs is 4. The second kappa shape index (κ2) is 4.17. The topological polar surface area (TPSA) is 34.9 Å². The van der Waals surface area contributed by atoms with E-state index in [2.05, 4.69) is 20.9 Å². The van der Waals surface area contributed by atoms with Gasteiger partial charge in [-0.05, 0) is 42.0 Å². The fourth-order valence-electron chi connectivity index (χ4n) is 2.66. The molecule has 0 N–H and O–H groups in total. The zero-order chi connectivity index (χ0) is 13.9. The van der Waals surface area contributed by atoms with Crippen molar-refractivity contribution in [2.75, 3.05) is 0 Å². The molecule has 1 aliphatic rings. The molecule has 0 aliphatic carbocycles. The summed E-state index contributed by atoms with van der Waals surface area (Å²) < 4.78 is 2.70. The van der Waals surface area contributed by atoms with Gasteiger partial charge in [-0.15, -0.1) is 0 Å². The van der Waals surface area contributed by atoms with Crippen LogP contribution in [0.4, 0.5) is 0 Å². The molecule has 0 unspecified atom stereocenters. The molecule has 0 saturated carbocycles. The smallest absolute Gasteiger partial charge is 0.265 e. The Morgan fingerprint density at radius 2 is 2.05 bits per heavy atom. The summed E-state index contributed by atoms with van der Waals surface area (Å²) >= 11 is 9.43. The minimum Gasteiger partial charge on any atom is -0.268 e. The lowest BCUT2D eigenvalue weighted by molar-refractivity contribution is 0.915. The van der Waals surface area contributed by atoms with Crippen molar-refractivity contribution in [3.63, 3.8) is 0 Å². The standard InChI is InChI=1S/C15H8BrClN2O/c16-9-1-4-13-8(5-9)6-14-18-12-7-10(17)2-3-11(12)15(20)19(13)14/h1-5,7H,6H2. The summed E-state index contributed by atoms with van der Waals surface area (Å²) in [5, 5.41) is 1.18. The van der Waals surface area contributed by atoms with Crippen molar-refractivity contribution >= 4 is 38.4 Å². The predicted molar refractivity (Wildman–Crippen MR) is 82.9 cm³/mol. The van der Waals surface area contributed by atoms with Gasteiger partial charge >= 0.3 is 0 Å². The first-order chi connectivity index (χ1) is 9.63. The molecule has 0 saturated heterocycles. The Labute approximate surface area is 128 Å². The van der Waals surface area contributed by atoms with Crippen LogP contribution in [0.15, 0.2) is 45.7 Å². The Morgan fingerprint density at radius 1 is 1.20 bits per heavy atom. The van der Waals surface area contributed by atoms with E-state index in [9.17, 15) is 4.79 Å². The van der Waals surface area contributed by atoms with E-state index in [-0.39, 0.29) is 5.56 Å². The summed E-state index contributed by atoms with van der Waals surface area (Å²) in [6.45, 7) is 0. The third-order valence-corrected chi connectivity index (χ3v) is 4.26. The van der Waals surface area contributed by atoms with Crippen molar-refractivity contribution < 1.29 is 0 Å². The molecule has 2 heterocycles. The number of benzene rings is 2. The second-order valence-corrected chi connectivity index (χ2v) is 6.13. The van der Waals surface area contributed by atoms with Crippen LogP contribution in [-0.2, 0) is 6.42 Å². The maximum absolute atomic E-state index is 12.6. The van der Waals surface area contributed by atoms with Crippen molar-refractivity contribution in [2.24, 2.45) is 0 Å². The molecule has 4 rings (SSSR count). The van der Waals surface area contributed by atoms with E-state index >= 15 is 0 Å². The normalized spacial score (nSPS) is 12.5. The highest BCUT2D eigenvalue weighted by Gasteiger charge is 2.22. The van der Waals surface area contributed by atoms with Gasteiger partial charge in [-0.3, -0.25) is 9.36 Å². The van der Waals surface area contributed by atoms with E-state index < -0.39 is 0 Å². The molecular formula is C15H8BrClN2O. The Hall–Kier alpha value is -1.65. The van der Waals surface area contributed by atoms with E-state index in [1.165, 1.54) is 0 Å². The molecule has 5 heteroatoms. The minimum atomic E-state index is -0.0391. The van der Waals surface area contributed by atoms with Crippen LogP contribution in [0.2, 0.25) is 5.02 Å². The van der Waals surface area contributed by atoms with E-state index in [1.54, 1.807) is 22.8 Å². The van der Waals surface area contributed by atoms with Crippen molar-refractivity contribution in [2.45, 2.75) is 6.42 Å². The van der Waals surface area contributed by atoms with E-state index in [4.69, 9.17) is 11.6 Å². The zero-order valence-corrected chi connectivity index (χ0v) is 12.6. The Bertz CT molecular complexity index is 933. The average Bonchev–Trinajstić information content (AvgIpc) is 2.75. The molecular weight excluding hydrogens is 340 g/mol. The molecule has 2 aromatic carbocycles. The van der Waals surface area contributed by atoms with Crippen molar-refractivity contribution in [1.82, 2.24) is 9.55 Å². The van der Waals surface area contributed by atoms with Crippen molar-refractivity contribution in [3.05, 3.63) is 67.6 Å². The third-order valence-electron chi connectivity index (χ3n) is 3.53. The second-order valence-electron chi connectivity index (χ2n) is 4.78. The van der Waals surface area contributed by atoms with Gasteiger partial charge in [0.2, 0.25) is 0 Å². The van der Waals surface area contributed by atoms with Crippen molar-refractivity contribution in [1.29, 1.82) is 0 Å². The number of aromatic nitrogens is 2. The number of nitrogens with zero attached hydrogens (tertiary/aromatic N) is 2. The molecule has 1 aliphatic heterocycles. The summed E-state index contributed by atoms with van der Waals surface area (Å²) in [4.78, 5) is 17.2. The third kappa shape index (κ3) is 1.65. The highest BCUT2D eigenvalue weighted by molar-refractivity contribution is 9.10. The maximum atomic E-state index is 12.6. The van der Waals surface area contributed by atoms with Gasteiger partial charge in [0, 0.05) is 15.9 Å². The Morgan fingerprint density at radius 3 is 2.90 bits per heavy atom. The first-order valence-corrected chi connectivity index (χ1v) is 7.30. The monoisotopic (exact) mass is 346 g/mol. The maximum Gasteiger partial charge on any atom is 0.265 e. The molecule has 1 aromatic heterocycles. The van der Waals surface area contributed by atoms with Crippen LogP contribution in [0.25, 0.3) is 16.6 Å². The molecule has 0 amide bonds. The van der Waals surface area contributed by atoms with Crippen LogP contribution in [0.1, 0.15) is 11.4 Å². The SMILES string of the molecule is O=c1c2ccc(Cl)cc2nc2n1-c1ccc(Br)cc1C2. The summed E-state index contributed by atoms with van der Waals surface area (Å²) in [6.07, 6.45) is 0.659. The predicted octanol–water partition coefficient (Wildman–Crippen LogP) is 3.71. The van der Waals surface area contributed by atoms with Crippen LogP contribution >= 0.6 is 27.5 Å². The lowest BCUT2D eigenvalue weighted by Gasteiger charge is -2.06. The van der Waals surface area contributed by atoms with Crippen LogP contribution in [0, 0.1) is 0 Å². The fourth-order valence-corrected chi connectivity index (χ4v) is 3.23. The van der Waals surface area contributed by atoms with Crippen LogP contribution in [0.3, 0.4) is 0 Å². The van der Waals surface area contributed by atoms with Crippen LogP contribution < -0.4 is 5.56 Å². The van der Waals surface area contributed by atoms with E-state index in [0.29, 0.717) is 22.3 Å². The van der Waals surface area contributed by atoms with Gasteiger partial charge in [0.15, 0.2) is 0 Å². The first-order valence-electron chi connectivity index (χ1n) is 6.13. The van der Waals surface area contributed by atoms with Crippen molar-refractivity contribution in [3.8, 4) is 5.69 Å². The number of rotatable bonds is 0. The minimum absolute atomic E-state index is 0.0391. The van der Waals surface area contributed by atoms with Gasteiger partial charge in [0.25, 0.3) is 5.56 Å². The van der Waals surface area contributed by atoms with Crippen LogP contribution in [0.5, 0.6) is 0 Å². The molecule has 0 radical (unpaired) electrons. The highest BCUT2D eigenvalue weighted by atomic mass is 79.9. The van der Waals surface area contributed by atoms with Gasteiger partial charge in [-0.2, -0.15) is 0 Å². The molecule has 0 atom stereocenters. The zero-order valence-electron chi connectivity index (χ0n) is 10.2. The molecule has 98 valence electrons. The van der Waals surface area contributed by atoms with E-state index in [0.717, 1.165) is 21.5 Å². The molecule has 0 fully saturated rings. The largest absolute Gasteiger partial charge is 0.268 e. The summed E-state index contributed by atoms with van der Waals surface area (Å²) in [5.74, 6) is 0.762. The van der Waals surface area contributed by atoms with Gasteiger partial charge in [0.1, 0.15) is 5.82 Å². The number of hydrogen-bond donors (Lipinski definition) is 0. The lowest BCUT2D eigenvalue weighted by atomic mass is 10.1. The lowest BCUT2D eigenvalue weighted by Crippen LogP contribution is -2.20. The van der Waals surface area contributed by atoms with Crippen LogP contribution in [-0.4, -0.2) is 9.55 Å². The van der Waals surface area contributed by atoms with Gasteiger partial charge in [-0.1, -0.05) is 27.5 Å². The molecule has 3 nitrogen and oxygen atoms in total. The Balaban J connectivity index is 2.10. The molecule has 20 heavy (non-hydrogen) atoms. The first kappa shape index (κ1) is 12.1. The fraction of sp³-hybridized carbons (Fsp3) is 0.0667. The highest BCUT2D eigenvalue weighted by Crippen LogP contribution is 2.29. The van der Waals surface area contributed by atoms with Gasteiger partial charge in [-0.25, -0.2) is 4.98 Å². The summed E-state index contributed by atoms with van der Waals surface area (Å²) in [7, 11) is 0. The molecule has 3 aromatic rings. The van der Waals surface area contributed by atoms with Gasteiger partial charge in [0.05, 0.1) is 16.6 Å². The van der Waals surface area contributed by atoms with E-state index in [1.807, 2.05) is 18.2 Å². The molecule has 0 spiro atoms.